The Bertz CT molecular complexity index is 673. The fourth-order valence-corrected chi connectivity index (χ4v) is 4.64. The second kappa shape index (κ2) is 5.35. The maximum Gasteiger partial charge on any atom is 0.109 e. The van der Waals surface area contributed by atoms with Crippen LogP contribution >= 0.6 is 11.7 Å². The number of benzene rings is 1. The van der Waals surface area contributed by atoms with Crippen LogP contribution in [0, 0.1) is 0 Å². The van der Waals surface area contributed by atoms with Gasteiger partial charge < -0.3 is 0 Å². The molecule has 114 valence electrons. The van der Waals surface area contributed by atoms with Crippen LogP contribution in [0.15, 0.2) is 0 Å². The van der Waals surface area contributed by atoms with Crippen molar-refractivity contribution in [1.29, 1.82) is 0 Å². The lowest BCUT2D eigenvalue weighted by Gasteiger charge is -2.26. The van der Waals surface area contributed by atoms with Crippen molar-refractivity contribution < 1.29 is 0 Å². The van der Waals surface area contributed by atoms with Gasteiger partial charge in [0.05, 0.1) is 11.7 Å². The van der Waals surface area contributed by atoms with E-state index in [1.807, 2.05) is 0 Å². The summed E-state index contributed by atoms with van der Waals surface area (Å²) in [5.74, 6) is 0.574. The molecule has 2 atom stereocenters. The summed E-state index contributed by atoms with van der Waals surface area (Å²) < 4.78 is 9.42. The van der Waals surface area contributed by atoms with Crippen molar-refractivity contribution in [2.75, 3.05) is 0 Å². The van der Waals surface area contributed by atoms with Crippen LogP contribution in [-0.2, 0) is 18.3 Å². The maximum absolute atomic E-state index is 4.72. The normalized spacial score (nSPS) is 22.7. The number of rotatable bonds is 4. The van der Waals surface area contributed by atoms with Gasteiger partial charge >= 0.3 is 0 Å². The first kappa shape index (κ1) is 15.0. The average Bonchev–Trinajstić information content (AvgIpc) is 3.10. The molecule has 0 saturated heterocycles. The zero-order valence-electron chi connectivity index (χ0n) is 13.9. The van der Waals surface area contributed by atoms with Gasteiger partial charge in [0.1, 0.15) is 11.0 Å². The summed E-state index contributed by atoms with van der Waals surface area (Å²) in [6.45, 7) is 11.6. The predicted molar refractivity (Wildman–Crippen MR) is 91.5 cm³/mol. The molecule has 0 amide bonds. The van der Waals surface area contributed by atoms with Crippen LogP contribution in [0.25, 0.3) is 11.0 Å². The third-order valence-corrected chi connectivity index (χ3v) is 6.27. The van der Waals surface area contributed by atoms with Crippen molar-refractivity contribution in [3.05, 3.63) is 22.3 Å². The van der Waals surface area contributed by atoms with Crippen LogP contribution in [0.1, 0.15) is 82.1 Å². The standard InChI is InChI=1S/C18H26N2S/c1-6-11(4)14-12(7-2)13-9-10-18(5,8-3)15(13)17-16(14)19-21-20-17/h11H,6-10H2,1-5H3. The number of nitrogens with zero attached hydrogens (tertiary/aromatic N) is 2. The summed E-state index contributed by atoms with van der Waals surface area (Å²) in [7, 11) is 0. The molecule has 21 heavy (non-hydrogen) atoms. The predicted octanol–water partition coefficient (Wildman–Crippen LogP) is 5.38. The highest BCUT2D eigenvalue weighted by Crippen LogP contribution is 2.48. The number of aromatic nitrogens is 2. The molecular weight excluding hydrogens is 276 g/mol. The fourth-order valence-electron chi connectivity index (χ4n) is 4.07. The monoisotopic (exact) mass is 302 g/mol. The SMILES string of the molecule is CCc1c2c(c3nsnc3c1C(C)CC)C(C)(CC)CC2. The van der Waals surface area contributed by atoms with Crippen molar-refractivity contribution in [3.63, 3.8) is 0 Å². The molecule has 2 nitrogen and oxygen atoms in total. The van der Waals surface area contributed by atoms with E-state index >= 15 is 0 Å². The van der Waals surface area contributed by atoms with E-state index in [0.29, 0.717) is 11.3 Å². The Morgan fingerprint density at radius 3 is 2.52 bits per heavy atom. The van der Waals surface area contributed by atoms with Gasteiger partial charge in [0.15, 0.2) is 0 Å². The molecule has 2 aromatic rings. The van der Waals surface area contributed by atoms with Crippen molar-refractivity contribution in [3.8, 4) is 0 Å². The van der Waals surface area contributed by atoms with Gasteiger partial charge in [-0.05, 0) is 65.7 Å². The number of hydrogen-bond acceptors (Lipinski definition) is 3. The second-order valence-corrected chi connectivity index (χ2v) is 7.31. The molecule has 1 heterocycles. The van der Waals surface area contributed by atoms with Crippen molar-refractivity contribution in [2.45, 2.75) is 78.1 Å². The molecule has 0 spiro atoms. The molecule has 1 aromatic heterocycles. The third-order valence-electron chi connectivity index (χ3n) is 5.74. The highest BCUT2D eigenvalue weighted by Gasteiger charge is 2.38. The first-order chi connectivity index (χ1) is 10.1. The van der Waals surface area contributed by atoms with E-state index in [4.69, 9.17) is 8.75 Å². The molecule has 0 radical (unpaired) electrons. The van der Waals surface area contributed by atoms with Crippen LogP contribution in [0.4, 0.5) is 0 Å². The lowest BCUT2D eigenvalue weighted by atomic mass is 9.78. The zero-order chi connectivity index (χ0) is 15.2. The van der Waals surface area contributed by atoms with Crippen LogP contribution in [0.5, 0.6) is 0 Å². The van der Waals surface area contributed by atoms with E-state index in [-0.39, 0.29) is 0 Å². The second-order valence-electron chi connectivity index (χ2n) is 6.78. The Hall–Kier alpha value is -0.960. The molecule has 0 bridgehead atoms. The van der Waals surface area contributed by atoms with Gasteiger partial charge in [-0.3, -0.25) is 0 Å². The van der Waals surface area contributed by atoms with Gasteiger partial charge in [0, 0.05) is 0 Å². The quantitative estimate of drug-likeness (QED) is 0.757. The molecule has 0 aliphatic heterocycles. The summed E-state index contributed by atoms with van der Waals surface area (Å²) in [4.78, 5) is 0. The third kappa shape index (κ3) is 2.04. The molecular formula is C18H26N2S. The highest BCUT2D eigenvalue weighted by molar-refractivity contribution is 7.00. The molecule has 2 unspecified atom stereocenters. The maximum atomic E-state index is 4.72. The molecule has 1 aliphatic carbocycles. The summed E-state index contributed by atoms with van der Waals surface area (Å²) in [5.41, 5.74) is 8.91. The van der Waals surface area contributed by atoms with Crippen molar-refractivity contribution in [2.24, 2.45) is 0 Å². The van der Waals surface area contributed by atoms with Gasteiger partial charge in [-0.15, -0.1) is 0 Å². The summed E-state index contributed by atoms with van der Waals surface area (Å²) in [5, 5.41) is 0. The van der Waals surface area contributed by atoms with E-state index in [1.54, 1.807) is 11.1 Å². The summed E-state index contributed by atoms with van der Waals surface area (Å²) in [6.07, 6.45) is 5.97. The largest absolute Gasteiger partial charge is 0.173 e. The Morgan fingerprint density at radius 2 is 1.90 bits per heavy atom. The van der Waals surface area contributed by atoms with Crippen molar-refractivity contribution >= 4 is 22.8 Å². The average molecular weight is 302 g/mol. The van der Waals surface area contributed by atoms with Gasteiger partial charge in [-0.25, -0.2) is 0 Å². The molecule has 0 fully saturated rings. The Morgan fingerprint density at radius 1 is 1.19 bits per heavy atom. The Labute approximate surface area is 132 Å². The van der Waals surface area contributed by atoms with E-state index < -0.39 is 0 Å². The highest BCUT2D eigenvalue weighted by atomic mass is 32.1. The van der Waals surface area contributed by atoms with Gasteiger partial charge in [-0.2, -0.15) is 8.75 Å². The first-order valence-electron chi connectivity index (χ1n) is 8.37. The molecule has 3 rings (SSSR count). The van der Waals surface area contributed by atoms with Gasteiger partial charge in [-0.1, -0.05) is 34.6 Å². The number of hydrogen-bond donors (Lipinski definition) is 0. The Kier molecular flexibility index (Phi) is 3.81. The van der Waals surface area contributed by atoms with Crippen LogP contribution in [0.3, 0.4) is 0 Å². The van der Waals surface area contributed by atoms with Gasteiger partial charge in [0.2, 0.25) is 0 Å². The van der Waals surface area contributed by atoms with E-state index in [2.05, 4.69) is 34.6 Å². The minimum Gasteiger partial charge on any atom is -0.173 e. The molecule has 0 saturated carbocycles. The summed E-state index contributed by atoms with van der Waals surface area (Å²) in [6, 6.07) is 0. The van der Waals surface area contributed by atoms with E-state index in [1.165, 1.54) is 59.6 Å². The topological polar surface area (TPSA) is 25.8 Å². The molecule has 0 N–H and O–H groups in total. The minimum absolute atomic E-state index is 0.293. The minimum atomic E-state index is 0.293. The van der Waals surface area contributed by atoms with Crippen molar-refractivity contribution in [1.82, 2.24) is 8.75 Å². The zero-order valence-corrected chi connectivity index (χ0v) is 14.7. The fraction of sp³-hybridized carbons (Fsp3) is 0.667. The Balaban J connectivity index is 2.40. The smallest absolute Gasteiger partial charge is 0.109 e. The van der Waals surface area contributed by atoms with Crippen LogP contribution in [-0.4, -0.2) is 8.75 Å². The molecule has 3 heteroatoms. The number of fused-ring (bicyclic) bond motifs is 3. The molecule has 1 aliphatic rings. The lowest BCUT2D eigenvalue weighted by molar-refractivity contribution is 0.455. The van der Waals surface area contributed by atoms with E-state index in [9.17, 15) is 0 Å². The van der Waals surface area contributed by atoms with Crippen LogP contribution in [0.2, 0.25) is 0 Å². The van der Waals surface area contributed by atoms with Gasteiger partial charge in [0.25, 0.3) is 0 Å². The molecule has 1 aromatic carbocycles. The van der Waals surface area contributed by atoms with E-state index in [0.717, 1.165) is 6.42 Å². The first-order valence-corrected chi connectivity index (χ1v) is 9.10. The lowest BCUT2D eigenvalue weighted by Crippen LogP contribution is -2.18. The summed E-state index contributed by atoms with van der Waals surface area (Å²) >= 11 is 1.39. The van der Waals surface area contributed by atoms with Crippen LogP contribution < -0.4 is 0 Å².